The number of carbonyl (C=O) groups excluding carboxylic acids is 3. The molecule has 0 bridgehead atoms. The molecule has 5 N–H and O–H groups in total. The van der Waals surface area contributed by atoms with E-state index in [4.69, 9.17) is 16.3 Å². The molecule has 1 atom stereocenters. The molecule has 0 aliphatic carbocycles. The summed E-state index contributed by atoms with van der Waals surface area (Å²) in [6.45, 7) is 0.804. The van der Waals surface area contributed by atoms with E-state index < -0.39 is 5.92 Å². The number of fused-ring (bicyclic) bond motifs is 2. The van der Waals surface area contributed by atoms with Gasteiger partial charge in [0.05, 0.1) is 28.8 Å². The monoisotopic (exact) mass is 748 g/mol. The van der Waals surface area contributed by atoms with Gasteiger partial charge in [-0.1, -0.05) is 35.9 Å². The first-order valence-corrected chi connectivity index (χ1v) is 17.6. The summed E-state index contributed by atoms with van der Waals surface area (Å²) < 4.78 is 8.70. The number of halogens is 1. The highest BCUT2D eigenvalue weighted by atomic mass is 35.5. The number of imide groups is 1. The number of carbonyl (C=O) groups is 3. The molecule has 0 radical (unpaired) electrons. The summed E-state index contributed by atoms with van der Waals surface area (Å²) in [6, 6.07) is 21.2. The highest BCUT2D eigenvalue weighted by Gasteiger charge is 2.31. The lowest BCUT2D eigenvalue weighted by Crippen LogP contribution is -2.39. The van der Waals surface area contributed by atoms with Crippen molar-refractivity contribution in [2.75, 3.05) is 29.6 Å². The maximum absolute atomic E-state index is 12.7. The van der Waals surface area contributed by atoms with Crippen molar-refractivity contribution in [3.8, 4) is 5.75 Å². The molecule has 4 heterocycles. The first-order valence-electron chi connectivity index (χ1n) is 17.2. The molecule has 15 nitrogen and oxygen atoms in total. The van der Waals surface area contributed by atoms with Gasteiger partial charge in [-0.2, -0.15) is 10.1 Å². The molecular formula is C38H37ClN10O5. The van der Waals surface area contributed by atoms with Gasteiger partial charge in [0.1, 0.15) is 5.02 Å². The third-order valence-electron chi connectivity index (χ3n) is 9.25. The fourth-order valence-electron chi connectivity index (χ4n) is 6.29. The predicted molar refractivity (Wildman–Crippen MR) is 206 cm³/mol. The number of rotatable bonds is 12. The highest BCUT2D eigenvalue weighted by Crippen LogP contribution is 2.32. The fraction of sp³-hybridized carbons (Fsp3) is 0.237. The first kappa shape index (κ1) is 35.9. The zero-order valence-corrected chi connectivity index (χ0v) is 30.5. The van der Waals surface area contributed by atoms with E-state index in [-0.39, 0.29) is 35.6 Å². The van der Waals surface area contributed by atoms with Crippen LogP contribution in [0, 0.1) is 0 Å². The fourth-order valence-corrected chi connectivity index (χ4v) is 6.43. The molecule has 0 saturated carbocycles. The summed E-state index contributed by atoms with van der Waals surface area (Å²) >= 11 is 6.45. The van der Waals surface area contributed by atoms with Crippen molar-refractivity contribution in [1.29, 1.82) is 0 Å². The molecule has 1 aliphatic rings. The lowest BCUT2D eigenvalue weighted by molar-refractivity contribution is -0.134. The van der Waals surface area contributed by atoms with Crippen LogP contribution >= 0.6 is 11.6 Å². The summed E-state index contributed by atoms with van der Waals surface area (Å²) in [7, 11) is 4.99. The predicted octanol–water partition coefficient (Wildman–Crippen LogP) is 4.48. The average Bonchev–Trinajstić information content (AvgIpc) is 3.50. The van der Waals surface area contributed by atoms with Crippen LogP contribution in [0.1, 0.15) is 35.6 Å². The number of nitrogens with zero attached hydrogens (tertiary/aromatic N) is 5. The zero-order chi connectivity index (χ0) is 37.9. The van der Waals surface area contributed by atoms with Crippen molar-refractivity contribution >= 4 is 74.3 Å². The van der Waals surface area contributed by atoms with Crippen LogP contribution in [0.3, 0.4) is 0 Å². The summed E-state index contributed by atoms with van der Waals surface area (Å²) in [5.74, 6) is -0.496. The lowest BCUT2D eigenvalue weighted by atomic mass is 9.93. The number of hydrogen-bond acceptors (Lipinski definition) is 11. The third kappa shape index (κ3) is 7.66. The van der Waals surface area contributed by atoms with E-state index in [0.717, 1.165) is 27.7 Å². The van der Waals surface area contributed by atoms with Gasteiger partial charge in [0.25, 0.3) is 11.5 Å². The Hall–Kier alpha value is -6.48. The number of anilines is 4. The van der Waals surface area contributed by atoms with Gasteiger partial charge in [0.15, 0.2) is 18.2 Å². The van der Waals surface area contributed by atoms with E-state index in [1.807, 2.05) is 61.6 Å². The van der Waals surface area contributed by atoms with Crippen LogP contribution < -0.4 is 36.9 Å². The van der Waals surface area contributed by atoms with Crippen molar-refractivity contribution in [3.05, 3.63) is 105 Å². The molecule has 54 heavy (non-hydrogen) atoms. The molecule has 3 aromatic heterocycles. The topological polar surface area (TPSA) is 186 Å². The van der Waals surface area contributed by atoms with Gasteiger partial charge in [-0.3, -0.25) is 29.2 Å². The number of piperidine rings is 1. The Kier molecular flexibility index (Phi) is 10.1. The highest BCUT2D eigenvalue weighted by molar-refractivity contribution is 6.33. The Morgan fingerprint density at radius 2 is 1.69 bits per heavy atom. The molecule has 1 saturated heterocycles. The van der Waals surface area contributed by atoms with Crippen molar-refractivity contribution < 1.29 is 19.1 Å². The minimum atomic E-state index is -0.446. The smallest absolute Gasteiger partial charge is 0.293 e. The van der Waals surface area contributed by atoms with Gasteiger partial charge in [-0.15, -0.1) is 0 Å². The van der Waals surface area contributed by atoms with Crippen molar-refractivity contribution in [2.24, 2.45) is 14.1 Å². The Morgan fingerprint density at radius 3 is 2.43 bits per heavy atom. The van der Waals surface area contributed by atoms with E-state index in [9.17, 15) is 19.2 Å². The standard InChI is InChI=1S/C38H37ClN10O5/c1-40-33(51)20-54-31-15-23-14-25(9-12-29(23)48(2)37(31)53)44-35-28(39)19-43-38(46-35)42-18-22-6-4-21(5-7-22)17-41-24-8-10-26-30(16-24)49(3)47-34(26)27-11-13-32(50)45-36(27)52/h4-10,12,14-16,19,27,41H,11,13,17-18,20H2,1-3H3,(H,40,51)(H,45,50,52)(H2,42,43,44,46). The lowest BCUT2D eigenvalue weighted by Gasteiger charge is -2.19. The van der Waals surface area contributed by atoms with Crippen LogP contribution in [-0.2, 0) is 41.6 Å². The van der Waals surface area contributed by atoms with Crippen molar-refractivity contribution in [3.63, 3.8) is 0 Å². The number of hydrogen-bond donors (Lipinski definition) is 5. The van der Waals surface area contributed by atoms with E-state index in [0.29, 0.717) is 65.0 Å². The quantitative estimate of drug-likeness (QED) is 0.111. The van der Waals surface area contributed by atoms with Crippen LogP contribution in [0.2, 0.25) is 5.02 Å². The van der Waals surface area contributed by atoms with Crippen molar-refractivity contribution in [1.82, 2.24) is 34.9 Å². The number of amides is 3. The van der Waals surface area contributed by atoms with Gasteiger partial charge in [-0.25, -0.2) is 4.98 Å². The second kappa shape index (κ2) is 15.2. The van der Waals surface area contributed by atoms with Crippen LogP contribution in [0.15, 0.2) is 77.7 Å². The molecular weight excluding hydrogens is 712 g/mol. The SMILES string of the molecule is CNC(=O)COc1cc2cc(Nc3nc(NCc4ccc(CNc5ccc6c(C7CCC(=O)NC7=O)nn(C)c6c5)cc4)ncc3Cl)ccc2n(C)c1=O. The van der Waals surface area contributed by atoms with Gasteiger partial charge < -0.3 is 30.6 Å². The number of aryl methyl sites for hydroxylation is 2. The molecule has 1 fully saturated rings. The summed E-state index contributed by atoms with van der Waals surface area (Å²) in [4.78, 5) is 57.4. The van der Waals surface area contributed by atoms with E-state index in [1.54, 1.807) is 23.9 Å². The van der Waals surface area contributed by atoms with Crippen LogP contribution in [-0.4, -0.2) is 55.7 Å². The van der Waals surface area contributed by atoms with E-state index >= 15 is 0 Å². The van der Waals surface area contributed by atoms with Crippen LogP contribution in [0.25, 0.3) is 21.8 Å². The number of pyridine rings is 1. The van der Waals surface area contributed by atoms with Gasteiger partial charge in [0.2, 0.25) is 17.8 Å². The average molecular weight is 749 g/mol. The van der Waals surface area contributed by atoms with Gasteiger partial charge in [0, 0.05) is 62.8 Å². The summed E-state index contributed by atoms with van der Waals surface area (Å²) in [5, 5.41) is 21.4. The summed E-state index contributed by atoms with van der Waals surface area (Å²) in [6.07, 6.45) is 2.27. The van der Waals surface area contributed by atoms with Gasteiger partial charge >= 0.3 is 0 Å². The number of benzene rings is 3. The third-order valence-corrected chi connectivity index (χ3v) is 9.53. The minimum absolute atomic E-state index is 0.0627. The Morgan fingerprint density at radius 1 is 0.944 bits per heavy atom. The molecule has 1 unspecified atom stereocenters. The molecule has 3 amide bonds. The van der Waals surface area contributed by atoms with E-state index in [1.165, 1.54) is 17.8 Å². The number of nitrogens with one attached hydrogen (secondary N) is 5. The number of likely N-dealkylation sites (N-methyl/N-ethyl adjacent to an activating group) is 1. The molecule has 0 spiro atoms. The summed E-state index contributed by atoms with van der Waals surface area (Å²) in [5.41, 5.74) is 5.62. The zero-order valence-electron chi connectivity index (χ0n) is 29.7. The van der Waals surface area contributed by atoms with E-state index in [2.05, 4.69) is 41.7 Å². The minimum Gasteiger partial charge on any atom is -0.478 e. The Labute approximate surface area is 314 Å². The molecule has 6 aromatic rings. The largest absolute Gasteiger partial charge is 0.478 e. The van der Waals surface area contributed by atoms with Gasteiger partial charge in [-0.05, 0) is 60.0 Å². The van der Waals surface area contributed by atoms with Crippen LogP contribution in [0.4, 0.5) is 23.1 Å². The van der Waals surface area contributed by atoms with Crippen LogP contribution in [0.5, 0.6) is 5.75 Å². The second-order valence-electron chi connectivity index (χ2n) is 12.9. The molecule has 1 aliphatic heterocycles. The Bertz CT molecular complexity index is 2480. The number of ether oxygens (including phenoxy) is 1. The maximum Gasteiger partial charge on any atom is 0.293 e. The van der Waals surface area contributed by atoms with Crippen molar-refractivity contribution in [2.45, 2.75) is 31.8 Å². The Balaban J connectivity index is 0.964. The number of aromatic nitrogens is 5. The molecule has 3 aromatic carbocycles. The maximum atomic E-state index is 12.7. The molecule has 16 heteroatoms. The molecule has 7 rings (SSSR count). The normalized spacial score (nSPS) is 14.2. The first-order chi connectivity index (χ1) is 26.1. The second-order valence-corrected chi connectivity index (χ2v) is 13.3. The molecule has 276 valence electrons.